The van der Waals surface area contributed by atoms with E-state index < -0.39 is 0 Å². The fraction of sp³-hybridized carbons (Fsp3) is 0.619. The van der Waals surface area contributed by atoms with E-state index in [0.717, 1.165) is 31.0 Å². The van der Waals surface area contributed by atoms with E-state index in [1.807, 2.05) is 24.3 Å². The summed E-state index contributed by atoms with van der Waals surface area (Å²) in [6, 6.07) is 8.11. The van der Waals surface area contributed by atoms with Crippen LogP contribution in [0.1, 0.15) is 43.1 Å². The molecule has 0 aromatic heterocycles. The molecule has 0 fully saturated rings. The third-order valence-electron chi connectivity index (χ3n) is 4.35. The number of aliphatic imine (C=N–C) groups is 1. The molecule has 0 radical (unpaired) electrons. The smallest absolute Gasteiger partial charge is 0.253 e. The van der Waals surface area contributed by atoms with Gasteiger partial charge in [-0.1, -0.05) is 26.0 Å². The van der Waals surface area contributed by atoms with Crippen molar-refractivity contribution in [2.45, 2.75) is 39.8 Å². The van der Waals surface area contributed by atoms with Crippen molar-refractivity contribution < 1.29 is 4.79 Å². The zero-order valence-corrected chi connectivity index (χ0v) is 20.8. The molecule has 1 amide bonds. The van der Waals surface area contributed by atoms with Crippen LogP contribution in [0.25, 0.3) is 0 Å². The van der Waals surface area contributed by atoms with Crippen LogP contribution in [-0.2, 0) is 6.54 Å². The van der Waals surface area contributed by atoms with Gasteiger partial charge in [-0.2, -0.15) is 0 Å². The van der Waals surface area contributed by atoms with E-state index in [1.54, 1.807) is 19.0 Å². The summed E-state index contributed by atoms with van der Waals surface area (Å²) >= 11 is 0. The average Bonchev–Trinajstić information content (AvgIpc) is 2.62. The number of nitrogens with zero attached hydrogens (tertiary/aromatic N) is 3. The van der Waals surface area contributed by atoms with Gasteiger partial charge in [0, 0.05) is 38.8 Å². The Morgan fingerprint density at radius 3 is 2.14 bits per heavy atom. The van der Waals surface area contributed by atoms with Gasteiger partial charge in [0.05, 0.1) is 6.54 Å². The maximum Gasteiger partial charge on any atom is 0.253 e. The van der Waals surface area contributed by atoms with Gasteiger partial charge in [-0.15, -0.1) is 24.0 Å². The molecule has 1 atom stereocenters. The fourth-order valence-corrected chi connectivity index (χ4v) is 2.76. The Morgan fingerprint density at radius 2 is 1.68 bits per heavy atom. The van der Waals surface area contributed by atoms with E-state index in [4.69, 9.17) is 0 Å². The number of hydrogen-bond acceptors (Lipinski definition) is 3. The van der Waals surface area contributed by atoms with Crippen LogP contribution >= 0.6 is 24.0 Å². The summed E-state index contributed by atoms with van der Waals surface area (Å²) in [5.41, 5.74) is 1.77. The lowest BCUT2D eigenvalue weighted by molar-refractivity contribution is 0.0827. The van der Waals surface area contributed by atoms with Crippen LogP contribution in [0.3, 0.4) is 0 Å². The number of hydrogen-bond donors (Lipinski definition) is 2. The molecular formula is C21H38IN5O. The monoisotopic (exact) mass is 503 g/mol. The molecular weight excluding hydrogens is 465 g/mol. The third kappa shape index (κ3) is 9.73. The molecule has 2 N–H and O–H groups in total. The Bertz CT molecular complexity index is 599. The van der Waals surface area contributed by atoms with Gasteiger partial charge in [0.15, 0.2) is 5.96 Å². The van der Waals surface area contributed by atoms with Crippen molar-refractivity contribution >= 4 is 35.8 Å². The lowest BCUT2D eigenvalue weighted by atomic mass is 10.0. The SMILES string of the molecule is CCNC(=NCc1ccc(C(=O)N(C)C)cc1)NCC(CC(C)C)N(C)C.I. The number of rotatable bonds is 9. The van der Waals surface area contributed by atoms with Gasteiger partial charge in [0.1, 0.15) is 0 Å². The first-order valence-electron chi connectivity index (χ1n) is 9.73. The Morgan fingerprint density at radius 1 is 1.07 bits per heavy atom. The summed E-state index contributed by atoms with van der Waals surface area (Å²) in [6.45, 7) is 8.81. The molecule has 7 heteroatoms. The predicted octanol–water partition coefficient (Wildman–Crippen LogP) is 3.04. The number of nitrogens with one attached hydrogen (secondary N) is 2. The second kappa shape index (κ2) is 13.8. The van der Waals surface area contributed by atoms with E-state index in [-0.39, 0.29) is 29.9 Å². The number of benzene rings is 1. The second-order valence-corrected chi connectivity index (χ2v) is 7.72. The molecule has 1 unspecified atom stereocenters. The predicted molar refractivity (Wildman–Crippen MR) is 130 cm³/mol. The first-order valence-corrected chi connectivity index (χ1v) is 9.73. The topological polar surface area (TPSA) is 60.0 Å². The summed E-state index contributed by atoms with van der Waals surface area (Å²) in [6.07, 6.45) is 1.14. The summed E-state index contributed by atoms with van der Waals surface area (Å²) in [7, 11) is 7.76. The minimum absolute atomic E-state index is 0. The van der Waals surface area contributed by atoms with E-state index in [2.05, 4.69) is 55.4 Å². The molecule has 0 aliphatic carbocycles. The average molecular weight is 503 g/mol. The molecule has 6 nitrogen and oxygen atoms in total. The largest absolute Gasteiger partial charge is 0.357 e. The van der Waals surface area contributed by atoms with Gasteiger partial charge in [0.25, 0.3) is 5.91 Å². The Hall–Kier alpha value is -1.35. The Labute approximate surface area is 188 Å². The van der Waals surface area contributed by atoms with Crippen LogP contribution in [0.2, 0.25) is 0 Å². The molecule has 0 aliphatic heterocycles. The number of carbonyl (C=O) groups is 1. The molecule has 0 aliphatic rings. The first kappa shape index (κ1) is 26.6. The highest BCUT2D eigenvalue weighted by Gasteiger charge is 2.14. The highest BCUT2D eigenvalue weighted by molar-refractivity contribution is 14.0. The van der Waals surface area contributed by atoms with Crippen LogP contribution in [0.4, 0.5) is 0 Å². The minimum Gasteiger partial charge on any atom is -0.357 e. The molecule has 160 valence electrons. The lowest BCUT2D eigenvalue weighted by Gasteiger charge is -2.27. The molecule has 0 saturated heterocycles. The molecule has 1 aromatic carbocycles. The summed E-state index contributed by atoms with van der Waals surface area (Å²) in [4.78, 5) is 20.5. The number of likely N-dealkylation sites (N-methyl/N-ethyl adjacent to an activating group) is 1. The van der Waals surface area contributed by atoms with Crippen molar-refractivity contribution in [2.75, 3.05) is 41.3 Å². The highest BCUT2D eigenvalue weighted by Crippen LogP contribution is 2.09. The van der Waals surface area contributed by atoms with Crippen molar-refractivity contribution in [3.05, 3.63) is 35.4 Å². The van der Waals surface area contributed by atoms with Crippen molar-refractivity contribution in [1.82, 2.24) is 20.4 Å². The van der Waals surface area contributed by atoms with E-state index in [9.17, 15) is 4.79 Å². The first-order chi connectivity index (χ1) is 12.7. The maximum atomic E-state index is 12.0. The van der Waals surface area contributed by atoms with E-state index in [1.165, 1.54) is 0 Å². The van der Waals surface area contributed by atoms with Gasteiger partial charge in [-0.3, -0.25) is 4.79 Å². The van der Waals surface area contributed by atoms with Crippen molar-refractivity contribution in [3.8, 4) is 0 Å². The van der Waals surface area contributed by atoms with Gasteiger partial charge < -0.3 is 20.4 Å². The van der Waals surface area contributed by atoms with Gasteiger partial charge in [0.2, 0.25) is 0 Å². The molecule has 1 rings (SSSR count). The number of guanidine groups is 1. The van der Waals surface area contributed by atoms with Crippen molar-refractivity contribution in [3.63, 3.8) is 0 Å². The van der Waals surface area contributed by atoms with Gasteiger partial charge in [-0.25, -0.2) is 4.99 Å². The van der Waals surface area contributed by atoms with Crippen LogP contribution < -0.4 is 10.6 Å². The quantitative estimate of drug-likeness (QED) is 0.309. The van der Waals surface area contributed by atoms with Gasteiger partial charge in [-0.05, 0) is 51.1 Å². The zero-order chi connectivity index (χ0) is 20.4. The lowest BCUT2D eigenvalue weighted by Crippen LogP contribution is -2.45. The number of carbonyl (C=O) groups excluding carboxylic acids is 1. The van der Waals surface area contributed by atoms with Crippen LogP contribution in [-0.4, -0.2) is 69.0 Å². The van der Waals surface area contributed by atoms with Crippen molar-refractivity contribution in [1.29, 1.82) is 0 Å². The Balaban J connectivity index is 0.00000729. The van der Waals surface area contributed by atoms with Gasteiger partial charge >= 0.3 is 0 Å². The number of halogens is 1. The molecule has 1 aromatic rings. The molecule has 0 spiro atoms. The van der Waals surface area contributed by atoms with Crippen LogP contribution in [0, 0.1) is 5.92 Å². The molecule has 28 heavy (non-hydrogen) atoms. The maximum absolute atomic E-state index is 12.0. The minimum atomic E-state index is 0. The van der Waals surface area contributed by atoms with Crippen molar-refractivity contribution in [2.24, 2.45) is 10.9 Å². The highest BCUT2D eigenvalue weighted by atomic mass is 127. The molecule has 0 bridgehead atoms. The number of amides is 1. The zero-order valence-electron chi connectivity index (χ0n) is 18.5. The normalized spacial score (nSPS) is 12.5. The summed E-state index contributed by atoms with van der Waals surface area (Å²) in [5.74, 6) is 1.49. The molecule has 0 saturated carbocycles. The van der Waals surface area contributed by atoms with E-state index >= 15 is 0 Å². The van der Waals surface area contributed by atoms with Crippen LogP contribution in [0.5, 0.6) is 0 Å². The Kier molecular flexibility index (Phi) is 13.1. The fourth-order valence-electron chi connectivity index (χ4n) is 2.76. The standard InChI is InChI=1S/C21H37N5O.HI/c1-8-22-21(24-15-19(25(4)5)13-16(2)3)23-14-17-9-11-18(12-10-17)20(27)26(6)7;/h9-12,16,19H,8,13-15H2,1-7H3,(H2,22,23,24);1H. The molecule has 0 heterocycles. The van der Waals surface area contributed by atoms with Crippen LogP contribution in [0.15, 0.2) is 29.3 Å². The summed E-state index contributed by atoms with van der Waals surface area (Å²) in [5, 5.41) is 6.76. The summed E-state index contributed by atoms with van der Waals surface area (Å²) < 4.78 is 0. The second-order valence-electron chi connectivity index (χ2n) is 7.72. The third-order valence-corrected chi connectivity index (χ3v) is 4.35. The van der Waals surface area contributed by atoms with E-state index in [0.29, 0.717) is 24.1 Å².